The van der Waals surface area contributed by atoms with Gasteiger partial charge in [-0.15, -0.1) is 0 Å². The van der Waals surface area contributed by atoms with Gasteiger partial charge in [0.1, 0.15) is 0 Å². The molecule has 0 aliphatic carbocycles. The zero-order valence-electron chi connectivity index (χ0n) is 9.02. The van der Waals surface area contributed by atoms with Crippen molar-refractivity contribution in [1.82, 2.24) is 4.98 Å². The Morgan fingerprint density at radius 3 is 2.44 bits per heavy atom. The van der Waals surface area contributed by atoms with Gasteiger partial charge in [0.15, 0.2) is 0 Å². The molecule has 0 saturated heterocycles. The number of pyridine rings is 1. The summed E-state index contributed by atoms with van der Waals surface area (Å²) < 4.78 is 12.7. The van der Waals surface area contributed by atoms with E-state index in [4.69, 9.17) is 0 Å². The molecule has 1 aromatic heterocycles. The quantitative estimate of drug-likeness (QED) is 0.732. The van der Waals surface area contributed by atoms with Crippen molar-refractivity contribution in [3.05, 3.63) is 60.1 Å². The van der Waals surface area contributed by atoms with Crippen molar-refractivity contribution in [2.75, 3.05) is 0 Å². The van der Waals surface area contributed by atoms with Crippen molar-refractivity contribution >= 4 is 6.08 Å². The number of nitrogens with zero attached hydrogens (tertiary/aromatic N) is 1. The molecule has 0 aliphatic rings. The minimum Gasteiger partial charge on any atom is -0.256 e. The van der Waals surface area contributed by atoms with E-state index in [9.17, 15) is 4.39 Å². The molecule has 0 N–H and O–H groups in total. The highest BCUT2D eigenvalue weighted by molar-refractivity contribution is 5.62. The highest BCUT2D eigenvalue weighted by atomic mass is 19.1. The summed E-state index contributed by atoms with van der Waals surface area (Å²) in [5.74, 6) is -0.189. The van der Waals surface area contributed by atoms with Gasteiger partial charge in [-0.05, 0) is 30.7 Å². The van der Waals surface area contributed by atoms with Crippen molar-refractivity contribution in [1.29, 1.82) is 0 Å². The summed E-state index contributed by atoms with van der Waals surface area (Å²) in [7, 11) is 0. The van der Waals surface area contributed by atoms with Crippen molar-refractivity contribution in [2.45, 2.75) is 6.92 Å². The normalized spacial score (nSPS) is 11.5. The van der Waals surface area contributed by atoms with Gasteiger partial charge in [-0.3, -0.25) is 4.98 Å². The summed E-state index contributed by atoms with van der Waals surface area (Å²) in [6.45, 7) is 1.44. The van der Waals surface area contributed by atoms with E-state index < -0.39 is 0 Å². The molecule has 0 saturated carbocycles. The van der Waals surface area contributed by atoms with E-state index >= 15 is 0 Å². The van der Waals surface area contributed by atoms with E-state index in [2.05, 4.69) is 4.98 Å². The molecule has 0 atom stereocenters. The lowest BCUT2D eigenvalue weighted by Gasteiger charge is -2.00. The molecule has 0 fully saturated rings. The molecule has 0 aliphatic heterocycles. The number of allylic oxidation sites excluding steroid dienone is 1. The Bertz CT molecular complexity index is 482. The Hall–Kier alpha value is -1.96. The Morgan fingerprint density at radius 2 is 1.88 bits per heavy atom. The van der Waals surface area contributed by atoms with Crippen LogP contribution in [0.4, 0.5) is 4.39 Å². The first-order valence-corrected chi connectivity index (χ1v) is 5.11. The molecular formula is C14H12FN. The van der Waals surface area contributed by atoms with Crippen LogP contribution in [0.15, 0.2) is 54.5 Å². The number of halogens is 1. The van der Waals surface area contributed by atoms with Crippen molar-refractivity contribution in [2.24, 2.45) is 0 Å². The summed E-state index contributed by atoms with van der Waals surface area (Å²) in [5.41, 5.74) is 2.82. The molecule has 2 rings (SSSR count). The summed E-state index contributed by atoms with van der Waals surface area (Å²) in [6, 6.07) is 13.4. The molecular weight excluding hydrogens is 201 g/mol. The van der Waals surface area contributed by atoms with E-state index in [-0.39, 0.29) is 5.83 Å². The highest BCUT2D eigenvalue weighted by Gasteiger charge is 1.97. The molecule has 16 heavy (non-hydrogen) atoms. The third-order valence-electron chi connectivity index (χ3n) is 2.24. The van der Waals surface area contributed by atoms with Crippen LogP contribution in [0.1, 0.15) is 12.5 Å². The molecule has 0 radical (unpaired) electrons. The molecule has 0 amide bonds. The monoisotopic (exact) mass is 213 g/mol. The van der Waals surface area contributed by atoms with E-state index in [0.717, 1.165) is 16.8 Å². The molecule has 1 aromatic carbocycles. The Morgan fingerprint density at radius 1 is 1.12 bits per heavy atom. The van der Waals surface area contributed by atoms with Gasteiger partial charge < -0.3 is 0 Å². The van der Waals surface area contributed by atoms with Crippen LogP contribution in [0.3, 0.4) is 0 Å². The average Bonchev–Trinajstić information content (AvgIpc) is 2.30. The minimum absolute atomic E-state index is 0.189. The molecule has 0 bridgehead atoms. The maximum absolute atomic E-state index is 12.7. The second kappa shape index (κ2) is 4.71. The van der Waals surface area contributed by atoms with Crippen LogP contribution < -0.4 is 0 Å². The fraction of sp³-hybridized carbons (Fsp3) is 0.0714. The summed E-state index contributed by atoms with van der Waals surface area (Å²) in [6.07, 6.45) is 3.26. The van der Waals surface area contributed by atoms with Crippen LogP contribution in [-0.4, -0.2) is 4.98 Å². The summed E-state index contributed by atoms with van der Waals surface area (Å²) >= 11 is 0. The second-order valence-corrected chi connectivity index (χ2v) is 3.57. The Kier molecular flexibility index (Phi) is 3.10. The lowest BCUT2D eigenvalue weighted by atomic mass is 10.1. The standard InChI is InChI=1S/C14H12FN/c1-11(15)10-12-5-7-13(8-6-12)14-4-2-3-9-16-14/h2-10H,1H3/b11-10+. The van der Waals surface area contributed by atoms with Gasteiger partial charge in [0.05, 0.1) is 11.5 Å². The second-order valence-electron chi connectivity index (χ2n) is 3.57. The van der Waals surface area contributed by atoms with Crippen LogP contribution in [-0.2, 0) is 0 Å². The number of hydrogen-bond acceptors (Lipinski definition) is 1. The van der Waals surface area contributed by atoms with Gasteiger partial charge in [0, 0.05) is 11.8 Å². The van der Waals surface area contributed by atoms with Crippen LogP contribution >= 0.6 is 0 Å². The van der Waals surface area contributed by atoms with Crippen LogP contribution in [0, 0.1) is 0 Å². The molecule has 0 unspecified atom stereocenters. The zero-order valence-corrected chi connectivity index (χ0v) is 9.02. The maximum atomic E-state index is 12.7. The first kappa shape index (κ1) is 10.6. The van der Waals surface area contributed by atoms with Gasteiger partial charge in [-0.1, -0.05) is 30.3 Å². The van der Waals surface area contributed by atoms with Gasteiger partial charge in [-0.2, -0.15) is 0 Å². The SMILES string of the molecule is C/C(F)=C\c1ccc(-c2ccccn2)cc1. The van der Waals surface area contributed by atoms with E-state index in [1.54, 1.807) is 6.20 Å². The molecule has 80 valence electrons. The lowest BCUT2D eigenvalue weighted by Crippen LogP contribution is -1.81. The fourth-order valence-corrected chi connectivity index (χ4v) is 1.51. The topological polar surface area (TPSA) is 12.9 Å². The number of aromatic nitrogens is 1. The van der Waals surface area contributed by atoms with E-state index in [1.807, 2.05) is 42.5 Å². The smallest absolute Gasteiger partial charge is 0.0974 e. The summed E-state index contributed by atoms with van der Waals surface area (Å²) in [4.78, 5) is 4.25. The van der Waals surface area contributed by atoms with Crippen molar-refractivity contribution in [3.63, 3.8) is 0 Å². The summed E-state index contributed by atoms with van der Waals surface area (Å²) in [5, 5.41) is 0. The minimum atomic E-state index is -0.189. The zero-order chi connectivity index (χ0) is 11.4. The van der Waals surface area contributed by atoms with Gasteiger partial charge in [0.25, 0.3) is 0 Å². The maximum Gasteiger partial charge on any atom is 0.0974 e. The number of benzene rings is 1. The first-order chi connectivity index (χ1) is 7.75. The molecule has 2 aromatic rings. The molecule has 0 spiro atoms. The third kappa shape index (κ3) is 2.54. The molecule has 2 heteroatoms. The first-order valence-electron chi connectivity index (χ1n) is 5.11. The highest BCUT2D eigenvalue weighted by Crippen LogP contribution is 2.18. The fourth-order valence-electron chi connectivity index (χ4n) is 1.51. The van der Waals surface area contributed by atoms with Crippen LogP contribution in [0.25, 0.3) is 17.3 Å². The number of rotatable bonds is 2. The van der Waals surface area contributed by atoms with Crippen molar-refractivity contribution in [3.8, 4) is 11.3 Å². The van der Waals surface area contributed by atoms with Crippen LogP contribution in [0.2, 0.25) is 0 Å². The molecule has 1 nitrogen and oxygen atoms in total. The average molecular weight is 213 g/mol. The lowest BCUT2D eigenvalue weighted by molar-refractivity contribution is 0.648. The predicted molar refractivity (Wildman–Crippen MR) is 64.4 cm³/mol. The van der Waals surface area contributed by atoms with Gasteiger partial charge in [-0.25, -0.2) is 4.39 Å². The Balaban J connectivity index is 2.30. The molecule has 1 heterocycles. The Labute approximate surface area is 94.3 Å². The number of hydrogen-bond donors (Lipinski definition) is 0. The van der Waals surface area contributed by atoms with Gasteiger partial charge in [0.2, 0.25) is 0 Å². The van der Waals surface area contributed by atoms with Gasteiger partial charge >= 0.3 is 0 Å². The van der Waals surface area contributed by atoms with Crippen molar-refractivity contribution < 1.29 is 4.39 Å². The largest absolute Gasteiger partial charge is 0.256 e. The van der Waals surface area contributed by atoms with E-state index in [1.165, 1.54) is 13.0 Å². The van der Waals surface area contributed by atoms with Crippen LogP contribution in [0.5, 0.6) is 0 Å². The third-order valence-corrected chi connectivity index (χ3v) is 2.24. The van der Waals surface area contributed by atoms with E-state index in [0.29, 0.717) is 0 Å². The predicted octanol–water partition coefficient (Wildman–Crippen LogP) is 4.08.